The summed E-state index contributed by atoms with van der Waals surface area (Å²) in [7, 11) is 0. The van der Waals surface area contributed by atoms with E-state index in [-0.39, 0.29) is 19.2 Å². The number of ether oxygens (including phenoxy) is 2. The molecule has 0 spiro atoms. The van der Waals surface area contributed by atoms with Gasteiger partial charge in [0.2, 0.25) is 6.79 Å². The lowest BCUT2D eigenvalue weighted by molar-refractivity contribution is -0.120. The second-order valence-corrected chi connectivity index (χ2v) is 5.10. The smallest absolute Gasteiger partial charge is 0.259 e. The number of halogens is 1. The Kier molecular flexibility index (Phi) is 4.89. The van der Waals surface area contributed by atoms with Gasteiger partial charge >= 0.3 is 0 Å². The Morgan fingerprint density at radius 2 is 1.88 bits per heavy atom. The lowest BCUT2D eigenvalue weighted by atomic mass is 10.2. The summed E-state index contributed by atoms with van der Waals surface area (Å²) in [5.41, 5.74) is 3.26. The van der Waals surface area contributed by atoms with Crippen molar-refractivity contribution in [1.29, 1.82) is 0 Å². The Morgan fingerprint density at radius 1 is 1.12 bits per heavy atom. The topological polar surface area (TPSA) is 89.0 Å². The molecule has 0 saturated heterocycles. The van der Waals surface area contributed by atoms with E-state index in [1.165, 1.54) is 30.5 Å². The first kappa shape index (κ1) is 16.4. The average Bonchev–Trinajstić information content (AvgIpc) is 3.09. The van der Waals surface area contributed by atoms with Crippen LogP contribution in [-0.4, -0.2) is 31.4 Å². The highest BCUT2D eigenvalue weighted by Crippen LogP contribution is 2.32. The fraction of sp³-hybridized carbons (Fsp3) is 0.118. The standard InChI is InChI=1S/C17H14FN3O4/c18-13-4-1-11(2-5-13)8-20-21-16(22)9-19-17(23)12-3-6-14-15(7-12)25-10-24-14/h1-8H,9-10H2,(H,19,23)(H,21,22)/b20-8+. The molecule has 0 atom stereocenters. The molecule has 1 aliphatic rings. The molecule has 1 aliphatic heterocycles. The van der Waals surface area contributed by atoms with E-state index in [0.29, 0.717) is 22.6 Å². The Morgan fingerprint density at radius 3 is 2.68 bits per heavy atom. The molecular weight excluding hydrogens is 329 g/mol. The van der Waals surface area contributed by atoms with Crippen molar-refractivity contribution in [3.63, 3.8) is 0 Å². The molecule has 3 rings (SSSR count). The number of hydrogen-bond donors (Lipinski definition) is 2. The van der Waals surface area contributed by atoms with E-state index in [4.69, 9.17) is 9.47 Å². The summed E-state index contributed by atoms with van der Waals surface area (Å²) in [6.45, 7) is -0.122. The van der Waals surface area contributed by atoms with Gasteiger partial charge in [-0.05, 0) is 35.9 Å². The Labute approximate surface area is 142 Å². The summed E-state index contributed by atoms with van der Waals surface area (Å²) in [5, 5.41) is 6.21. The van der Waals surface area contributed by atoms with Crippen LogP contribution in [0.1, 0.15) is 15.9 Å². The summed E-state index contributed by atoms with van der Waals surface area (Å²) < 4.78 is 23.1. The molecule has 0 radical (unpaired) electrons. The predicted octanol–water partition coefficient (Wildman–Crippen LogP) is 1.43. The zero-order valence-corrected chi connectivity index (χ0v) is 13.0. The van der Waals surface area contributed by atoms with Crippen molar-refractivity contribution in [1.82, 2.24) is 10.7 Å². The lowest BCUT2D eigenvalue weighted by Crippen LogP contribution is -2.34. The van der Waals surface area contributed by atoms with E-state index in [1.54, 1.807) is 18.2 Å². The SMILES string of the molecule is O=C(CNC(=O)c1ccc2c(c1)OCO2)N/N=C/c1ccc(F)cc1. The van der Waals surface area contributed by atoms with Crippen LogP contribution in [-0.2, 0) is 4.79 Å². The first-order chi connectivity index (χ1) is 12.1. The summed E-state index contributed by atoms with van der Waals surface area (Å²) in [5.74, 6) is -0.207. The molecule has 0 bridgehead atoms. The molecule has 7 nitrogen and oxygen atoms in total. The van der Waals surface area contributed by atoms with Crippen LogP contribution in [0.5, 0.6) is 11.5 Å². The van der Waals surface area contributed by atoms with Crippen LogP contribution in [0.4, 0.5) is 4.39 Å². The molecule has 25 heavy (non-hydrogen) atoms. The molecule has 2 aromatic carbocycles. The quantitative estimate of drug-likeness (QED) is 0.635. The van der Waals surface area contributed by atoms with Crippen LogP contribution >= 0.6 is 0 Å². The molecule has 2 aromatic rings. The minimum absolute atomic E-state index is 0.120. The highest BCUT2D eigenvalue weighted by atomic mass is 19.1. The second kappa shape index (κ2) is 7.43. The molecular formula is C17H14FN3O4. The minimum atomic E-state index is -0.493. The van der Waals surface area contributed by atoms with E-state index in [9.17, 15) is 14.0 Å². The number of fused-ring (bicyclic) bond motifs is 1. The first-order valence-electron chi connectivity index (χ1n) is 7.37. The number of benzene rings is 2. The Hall–Kier alpha value is -3.42. The van der Waals surface area contributed by atoms with Gasteiger partial charge in [0.05, 0.1) is 12.8 Å². The van der Waals surface area contributed by atoms with E-state index in [2.05, 4.69) is 15.8 Å². The number of nitrogens with zero attached hydrogens (tertiary/aromatic N) is 1. The number of amides is 2. The fourth-order valence-corrected chi connectivity index (χ4v) is 2.07. The summed E-state index contributed by atoms with van der Waals surface area (Å²) >= 11 is 0. The maximum atomic E-state index is 12.8. The third kappa shape index (κ3) is 4.31. The number of nitrogens with one attached hydrogen (secondary N) is 2. The van der Waals surface area contributed by atoms with Gasteiger partial charge < -0.3 is 14.8 Å². The number of carbonyl (C=O) groups is 2. The third-order valence-electron chi connectivity index (χ3n) is 3.32. The van der Waals surface area contributed by atoms with Gasteiger partial charge in [-0.1, -0.05) is 12.1 Å². The number of rotatable bonds is 5. The van der Waals surface area contributed by atoms with Crippen LogP contribution in [0.2, 0.25) is 0 Å². The molecule has 0 unspecified atom stereocenters. The van der Waals surface area contributed by atoms with Gasteiger partial charge in [-0.25, -0.2) is 9.82 Å². The molecule has 0 aromatic heterocycles. The molecule has 8 heteroatoms. The zero-order chi connectivity index (χ0) is 17.6. The summed E-state index contributed by atoms with van der Waals surface area (Å²) in [6.07, 6.45) is 1.37. The normalized spacial score (nSPS) is 12.2. The first-order valence-corrected chi connectivity index (χ1v) is 7.37. The molecule has 0 saturated carbocycles. The van der Waals surface area contributed by atoms with Gasteiger partial charge in [-0.3, -0.25) is 9.59 Å². The molecule has 2 amide bonds. The van der Waals surface area contributed by atoms with Crippen molar-refractivity contribution in [3.8, 4) is 11.5 Å². The summed E-state index contributed by atoms with van der Waals surface area (Å²) in [6, 6.07) is 10.4. The molecule has 0 aliphatic carbocycles. The van der Waals surface area contributed by atoms with Crippen molar-refractivity contribution in [2.75, 3.05) is 13.3 Å². The highest BCUT2D eigenvalue weighted by molar-refractivity contribution is 5.97. The van der Waals surface area contributed by atoms with E-state index < -0.39 is 11.8 Å². The number of carbonyl (C=O) groups excluding carboxylic acids is 2. The second-order valence-electron chi connectivity index (χ2n) is 5.10. The van der Waals surface area contributed by atoms with Crippen LogP contribution in [0, 0.1) is 5.82 Å². The molecule has 1 heterocycles. The van der Waals surface area contributed by atoms with E-state index >= 15 is 0 Å². The van der Waals surface area contributed by atoms with Crippen molar-refractivity contribution in [2.24, 2.45) is 5.10 Å². The maximum Gasteiger partial charge on any atom is 0.259 e. The highest BCUT2D eigenvalue weighted by Gasteiger charge is 2.16. The van der Waals surface area contributed by atoms with Crippen LogP contribution in [0.15, 0.2) is 47.6 Å². The van der Waals surface area contributed by atoms with Crippen molar-refractivity contribution >= 4 is 18.0 Å². The van der Waals surface area contributed by atoms with Gasteiger partial charge in [0, 0.05) is 5.56 Å². The van der Waals surface area contributed by atoms with Gasteiger partial charge in [0.1, 0.15) is 5.82 Å². The van der Waals surface area contributed by atoms with E-state index in [1.807, 2.05) is 0 Å². The van der Waals surface area contributed by atoms with Crippen molar-refractivity contribution < 1.29 is 23.5 Å². The molecule has 2 N–H and O–H groups in total. The van der Waals surface area contributed by atoms with Crippen LogP contribution < -0.4 is 20.2 Å². The largest absolute Gasteiger partial charge is 0.454 e. The van der Waals surface area contributed by atoms with Crippen LogP contribution in [0.25, 0.3) is 0 Å². The lowest BCUT2D eigenvalue weighted by Gasteiger charge is -2.05. The Bertz CT molecular complexity index is 821. The fourth-order valence-electron chi connectivity index (χ4n) is 2.07. The number of hydrogen-bond acceptors (Lipinski definition) is 5. The van der Waals surface area contributed by atoms with Gasteiger partial charge in [-0.15, -0.1) is 0 Å². The van der Waals surface area contributed by atoms with Crippen molar-refractivity contribution in [3.05, 3.63) is 59.4 Å². The summed E-state index contributed by atoms with van der Waals surface area (Å²) in [4.78, 5) is 23.7. The van der Waals surface area contributed by atoms with E-state index in [0.717, 1.165) is 0 Å². The van der Waals surface area contributed by atoms with Crippen molar-refractivity contribution in [2.45, 2.75) is 0 Å². The minimum Gasteiger partial charge on any atom is -0.454 e. The van der Waals surface area contributed by atoms with Gasteiger partial charge in [-0.2, -0.15) is 5.10 Å². The number of hydrazone groups is 1. The van der Waals surface area contributed by atoms with Gasteiger partial charge in [0.15, 0.2) is 11.5 Å². The zero-order valence-electron chi connectivity index (χ0n) is 13.0. The maximum absolute atomic E-state index is 12.8. The van der Waals surface area contributed by atoms with Gasteiger partial charge in [0.25, 0.3) is 11.8 Å². The molecule has 128 valence electrons. The third-order valence-corrected chi connectivity index (χ3v) is 3.32. The monoisotopic (exact) mass is 343 g/mol. The predicted molar refractivity (Wildman–Crippen MR) is 87.0 cm³/mol. The average molecular weight is 343 g/mol. The molecule has 0 fully saturated rings. The van der Waals surface area contributed by atoms with Crippen LogP contribution in [0.3, 0.4) is 0 Å². The Balaban J connectivity index is 1.47.